The summed E-state index contributed by atoms with van der Waals surface area (Å²) in [4.78, 5) is 0. The minimum Gasteiger partial charge on any atom is -0.0683 e. The Morgan fingerprint density at radius 1 is 0.750 bits per heavy atom. The molecule has 0 bridgehead atoms. The van der Waals surface area contributed by atoms with Gasteiger partial charge < -0.3 is 0 Å². The molecule has 2 fully saturated rings. The third kappa shape index (κ3) is 3.79. The van der Waals surface area contributed by atoms with Crippen LogP contribution >= 0.6 is 0 Å². The van der Waals surface area contributed by atoms with Crippen LogP contribution in [0.4, 0.5) is 0 Å². The van der Waals surface area contributed by atoms with Crippen molar-refractivity contribution in [2.24, 2.45) is 17.8 Å². The van der Waals surface area contributed by atoms with Gasteiger partial charge in [-0.3, -0.25) is 0 Å². The molecule has 2 aliphatic carbocycles. The zero-order valence-corrected chi connectivity index (χ0v) is 11.8. The molecule has 0 radical (unpaired) electrons. The van der Waals surface area contributed by atoms with Gasteiger partial charge in [0, 0.05) is 0 Å². The molecule has 0 aromatic heterocycles. The van der Waals surface area contributed by atoms with Gasteiger partial charge in [-0.25, -0.2) is 0 Å². The highest BCUT2D eigenvalue weighted by atomic mass is 14.4. The van der Waals surface area contributed by atoms with E-state index in [1.54, 1.807) is 19.3 Å². The molecule has 0 heterocycles. The molecule has 96 valence electrons. The minimum atomic E-state index is 1.09. The van der Waals surface area contributed by atoms with E-state index >= 15 is 0 Å². The van der Waals surface area contributed by atoms with Gasteiger partial charge in [0.05, 0.1) is 0 Å². The van der Waals surface area contributed by atoms with Crippen LogP contribution in [0.25, 0.3) is 0 Å². The van der Waals surface area contributed by atoms with Crippen molar-refractivity contribution in [1.82, 2.24) is 0 Å². The number of rotatable bonds is 2. The van der Waals surface area contributed by atoms with Crippen molar-refractivity contribution >= 4 is 0 Å². The zero-order valence-electron chi connectivity index (χ0n) is 11.8. The van der Waals surface area contributed by atoms with E-state index in [-0.39, 0.29) is 0 Å². The summed E-state index contributed by atoms with van der Waals surface area (Å²) in [5, 5.41) is 0. The quantitative estimate of drug-likeness (QED) is 0.555. The predicted octanol–water partition coefficient (Wildman–Crippen LogP) is 5.81. The fourth-order valence-corrected chi connectivity index (χ4v) is 3.93. The second-order valence-corrected chi connectivity index (χ2v) is 5.51. The Morgan fingerprint density at radius 3 is 1.94 bits per heavy atom. The van der Waals surface area contributed by atoms with Crippen molar-refractivity contribution in [2.75, 3.05) is 0 Å². The molecule has 0 amide bonds. The molecular weight excluding hydrogens is 192 g/mol. The highest BCUT2D eigenvalue weighted by molar-refractivity contribution is 4.82. The van der Waals surface area contributed by atoms with E-state index in [0.717, 1.165) is 17.8 Å². The Hall–Kier alpha value is 0. The summed E-state index contributed by atoms with van der Waals surface area (Å²) in [5.74, 6) is 3.33. The fourth-order valence-electron chi connectivity index (χ4n) is 3.93. The first-order valence-electron chi connectivity index (χ1n) is 7.92. The molecular formula is C16H32. The first kappa shape index (κ1) is 14.1. The van der Waals surface area contributed by atoms with Crippen LogP contribution in [0.1, 0.15) is 85.0 Å². The Morgan fingerprint density at radius 2 is 1.31 bits per heavy atom. The van der Waals surface area contributed by atoms with E-state index in [0.29, 0.717) is 0 Å². The molecule has 2 unspecified atom stereocenters. The first-order chi connectivity index (χ1) is 7.92. The lowest BCUT2D eigenvalue weighted by atomic mass is 9.67. The van der Waals surface area contributed by atoms with Crippen LogP contribution in [0.15, 0.2) is 0 Å². The molecule has 2 aliphatic rings. The monoisotopic (exact) mass is 224 g/mol. The molecule has 0 heteroatoms. The summed E-state index contributed by atoms with van der Waals surface area (Å²) in [6.07, 6.45) is 15.3. The average Bonchev–Trinajstić information content (AvgIpc) is 2.42. The Kier molecular flexibility index (Phi) is 7.16. The van der Waals surface area contributed by atoms with Crippen LogP contribution in [0.2, 0.25) is 0 Å². The zero-order chi connectivity index (χ0) is 11.8. The Labute approximate surface area is 103 Å². The number of hydrogen-bond donors (Lipinski definition) is 0. The highest BCUT2D eigenvalue weighted by Gasteiger charge is 2.31. The lowest BCUT2D eigenvalue weighted by Crippen LogP contribution is -2.28. The average molecular weight is 224 g/mol. The summed E-state index contributed by atoms with van der Waals surface area (Å²) in [6, 6.07) is 0. The van der Waals surface area contributed by atoms with Gasteiger partial charge in [0.25, 0.3) is 0 Å². The minimum absolute atomic E-state index is 1.09. The topological polar surface area (TPSA) is 0 Å². The normalized spacial score (nSPS) is 31.7. The Bertz CT molecular complexity index is 155. The largest absolute Gasteiger partial charge is 0.0683 e. The molecule has 0 aromatic carbocycles. The van der Waals surface area contributed by atoms with Gasteiger partial charge in [0.2, 0.25) is 0 Å². The van der Waals surface area contributed by atoms with Crippen molar-refractivity contribution in [3.63, 3.8) is 0 Å². The van der Waals surface area contributed by atoms with Gasteiger partial charge in [-0.05, 0) is 24.2 Å². The van der Waals surface area contributed by atoms with Gasteiger partial charge in [-0.15, -0.1) is 0 Å². The van der Waals surface area contributed by atoms with Crippen molar-refractivity contribution in [1.29, 1.82) is 0 Å². The van der Waals surface area contributed by atoms with Crippen LogP contribution in [0.3, 0.4) is 0 Å². The van der Waals surface area contributed by atoms with E-state index in [2.05, 4.69) is 6.92 Å². The van der Waals surface area contributed by atoms with Gasteiger partial charge in [-0.1, -0.05) is 78.6 Å². The molecule has 16 heavy (non-hydrogen) atoms. The summed E-state index contributed by atoms with van der Waals surface area (Å²) in [6.45, 7) is 6.41. The second-order valence-electron chi connectivity index (χ2n) is 5.51. The van der Waals surface area contributed by atoms with Crippen LogP contribution in [0.5, 0.6) is 0 Å². The van der Waals surface area contributed by atoms with Crippen molar-refractivity contribution in [2.45, 2.75) is 85.0 Å². The third-order valence-electron chi connectivity index (χ3n) is 4.75. The van der Waals surface area contributed by atoms with Crippen molar-refractivity contribution in [3.05, 3.63) is 0 Å². The smallest absolute Gasteiger partial charge is 0.0358 e. The van der Waals surface area contributed by atoms with Crippen LogP contribution < -0.4 is 0 Å². The fraction of sp³-hybridized carbons (Fsp3) is 1.00. The molecule has 0 aromatic rings. The van der Waals surface area contributed by atoms with E-state index in [4.69, 9.17) is 0 Å². The van der Waals surface area contributed by atoms with Gasteiger partial charge in [0.1, 0.15) is 0 Å². The molecule has 0 aliphatic heterocycles. The van der Waals surface area contributed by atoms with Crippen molar-refractivity contribution in [3.8, 4) is 0 Å². The molecule has 2 atom stereocenters. The van der Waals surface area contributed by atoms with Crippen LogP contribution in [-0.2, 0) is 0 Å². The number of hydrogen-bond acceptors (Lipinski definition) is 0. The highest BCUT2D eigenvalue weighted by Crippen LogP contribution is 2.42. The summed E-state index contributed by atoms with van der Waals surface area (Å²) in [7, 11) is 0. The van der Waals surface area contributed by atoms with E-state index in [1.165, 1.54) is 44.9 Å². The van der Waals surface area contributed by atoms with Crippen molar-refractivity contribution < 1.29 is 0 Å². The Balaban J connectivity index is 0.000000606. The predicted molar refractivity (Wildman–Crippen MR) is 73.7 cm³/mol. The summed E-state index contributed by atoms with van der Waals surface area (Å²) < 4.78 is 0. The third-order valence-corrected chi connectivity index (χ3v) is 4.75. The second kappa shape index (κ2) is 8.14. The summed E-state index contributed by atoms with van der Waals surface area (Å²) in [5.41, 5.74) is 0. The molecule has 0 nitrogen and oxygen atoms in total. The molecule has 2 saturated carbocycles. The van der Waals surface area contributed by atoms with Crippen LogP contribution in [0, 0.1) is 17.8 Å². The lowest BCUT2D eigenvalue weighted by Gasteiger charge is -2.38. The SMILES string of the molecule is CC.CCC1CCCCC1C1CCCCC1. The molecule has 0 saturated heterocycles. The standard InChI is InChI=1S/C14H26.C2H6/c1-2-12-8-6-7-11-14(12)13-9-4-3-5-10-13;1-2/h12-14H,2-11H2,1H3;1-2H3. The lowest BCUT2D eigenvalue weighted by molar-refractivity contribution is 0.125. The molecule has 0 spiro atoms. The maximum atomic E-state index is 2.41. The van der Waals surface area contributed by atoms with E-state index < -0.39 is 0 Å². The maximum absolute atomic E-state index is 2.41. The van der Waals surface area contributed by atoms with E-state index in [9.17, 15) is 0 Å². The van der Waals surface area contributed by atoms with E-state index in [1.807, 2.05) is 13.8 Å². The van der Waals surface area contributed by atoms with Crippen LogP contribution in [-0.4, -0.2) is 0 Å². The maximum Gasteiger partial charge on any atom is -0.0358 e. The van der Waals surface area contributed by atoms with Gasteiger partial charge in [-0.2, -0.15) is 0 Å². The first-order valence-corrected chi connectivity index (χ1v) is 7.92. The van der Waals surface area contributed by atoms with Gasteiger partial charge >= 0.3 is 0 Å². The molecule has 2 rings (SSSR count). The molecule has 0 N–H and O–H groups in total. The van der Waals surface area contributed by atoms with Gasteiger partial charge in [0.15, 0.2) is 0 Å². The summed E-state index contributed by atoms with van der Waals surface area (Å²) >= 11 is 0.